The zero-order valence-electron chi connectivity index (χ0n) is 21.0. The fourth-order valence-corrected chi connectivity index (χ4v) is 4.75. The first-order valence-corrected chi connectivity index (χ1v) is 12.4. The first kappa shape index (κ1) is 23.7. The summed E-state index contributed by atoms with van der Waals surface area (Å²) in [6, 6.07) is 13.5. The minimum absolute atomic E-state index is 0.272. The number of fused-ring (bicyclic) bond motifs is 1. The predicted octanol–water partition coefficient (Wildman–Crippen LogP) is 3.30. The van der Waals surface area contributed by atoms with Gasteiger partial charge in [0.25, 0.3) is 5.91 Å². The highest BCUT2D eigenvalue weighted by Gasteiger charge is 2.26. The monoisotopic (exact) mass is 511 g/mol. The van der Waals surface area contributed by atoms with Gasteiger partial charge in [-0.25, -0.2) is 13.9 Å². The van der Waals surface area contributed by atoms with Crippen LogP contribution in [0.15, 0.2) is 60.9 Å². The van der Waals surface area contributed by atoms with Crippen LogP contribution in [-0.2, 0) is 7.05 Å². The number of nitrogens with zero attached hydrogens (tertiary/aromatic N) is 7. The van der Waals surface area contributed by atoms with Gasteiger partial charge in [-0.2, -0.15) is 10.2 Å². The smallest absolute Gasteiger partial charge is 0.256 e. The molecule has 6 rings (SSSR count). The van der Waals surface area contributed by atoms with Crippen LogP contribution in [0.5, 0.6) is 0 Å². The van der Waals surface area contributed by atoms with Crippen LogP contribution in [0.4, 0.5) is 16.0 Å². The molecule has 2 N–H and O–H groups in total. The number of imidazole rings is 1. The molecule has 11 heteroatoms. The molecular formula is C27H26FN9O. The molecule has 0 unspecified atom stereocenters. The Morgan fingerprint density at radius 3 is 2.61 bits per heavy atom. The van der Waals surface area contributed by atoms with E-state index >= 15 is 0 Å². The van der Waals surface area contributed by atoms with Gasteiger partial charge in [-0.05, 0) is 55.5 Å². The minimum atomic E-state index is -0.303. The summed E-state index contributed by atoms with van der Waals surface area (Å²) in [5.41, 5.74) is 4.91. The van der Waals surface area contributed by atoms with Crippen LogP contribution in [0, 0.1) is 12.7 Å². The molecule has 1 aromatic carbocycles. The zero-order valence-corrected chi connectivity index (χ0v) is 21.0. The number of rotatable bonds is 5. The number of hydrogen-bond donors (Lipinski definition) is 2. The van der Waals surface area contributed by atoms with Crippen LogP contribution in [0.2, 0.25) is 0 Å². The Morgan fingerprint density at radius 1 is 1.05 bits per heavy atom. The molecule has 0 radical (unpaired) electrons. The van der Waals surface area contributed by atoms with Crippen molar-refractivity contribution in [3.05, 3.63) is 78.0 Å². The van der Waals surface area contributed by atoms with Gasteiger partial charge in [-0.1, -0.05) is 0 Å². The Hall–Kier alpha value is -4.64. The molecule has 0 bridgehead atoms. The SMILES string of the molecule is Cc1cc(C(=O)Nc2cn3nc(-c4c(-c5ccc(F)cc5)nn(C)c4N4CCNCC4)ccc3n2)ccn1. The van der Waals surface area contributed by atoms with Gasteiger partial charge >= 0.3 is 0 Å². The largest absolute Gasteiger partial charge is 0.354 e. The molecule has 5 heterocycles. The summed E-state index contributed by atoms with van der Waals surface area (Å²) < 4.78 is 17.2. The predicted molar refractivity (Wildman–Crippen MR) is 143 cm³/mol. The molecule has 10 nitrogen and oxygen atoms in total. The van der Waals surface area contributed by atoms with Crippen LogP contribution in [0.3, 0.4) is 0 Å². The fourth-order valence-electron chi connectivity index (χ4n) is 4.75. The Morgan fingerprint density at radius 2 is 1.84 bits per heavy atom. The number of nitrogens with one attached hydrogen (secondary N) is 2. The van der Waals surface area contributed by atoms with Crippen molar-refractivity contribution in [2.75, 3.05) is 36.4 Å². The summed E-state index contributed by atoms with van der Waals surface area (Å²) >= 11 is 0. The van der Waals surface area contributed by atoms with E-state index in [4.69, 9.17) is 10.2 Å². The molecule has 0 saturated carbocycles. The third-order valence-corrected chi connectivity index (χ3v) is 6.53. The summed E-state index contributed by atoms with van der Waals surface area (Å²) in [4.78, 5) is 23.7. The third kappa shape index (κ3) is 4.48. The zero-order chi connectivity index (χ0) is 26.2. The lowest BCUT2D eigenvalue weighted by Gasteiger charge is -2.30. The van der Waals surface area contributed by atoms with E-state index in [2.05, 4.69) is 25.5 Å². The lowest BCUT2D eigenvalue weighted by molar-refractivity contribution is 0.102. The molecule has 1 saturated heterocycles. The molecule has 1 amide bonds. The van der Waals surface area contributed by atoms with E-state index in [0.717, 1.165) is 54.5 Å². The number of pyridine rings is 1. The number of hydrogen-bond acceptors (Lipinski definition) is 7. The van der Waals surface area contributed by atoms with E-state index in [-0.39, 0.29) is 11.7 Å². The molecule has 0 aliphatic carbocycles. The second kappa shape index (κ2) is 9.67. The van der Waals surface area contributed by atoms with Gasteiger partial charge in [0.1, 0.15) is 17.3 Å². The molecule has 1 aliphatic heterocycles. The number of piperazine rings is 1. The van der Waals surface area contributed by atoms with Crippen LogP contribution in [-0.4, -0.2) is 61.4 Å². The quantitative estimate of drug-likeness (QED) is 0.373. The first-order valence-electron chi connectivity index (χ1n) is 12.4. The molecule has 1 aliphatic rings. The maximum Gasteiger partial charge on any atom is 0.256 e. The van der Waals surface area contributed by atoms with Gasteiger partial charge in [0.2, 0.25) is 0 Å². The van der Waals surface area contributed by atoms with E-state index in [9.17, 15) is 9.18 Å². The fraction of sp³-hybridized carbons (Fsp3) is 0.222. The van der Waals surface area contributed by atoms with E-state index < -0.39 is 0 Å². The van der Waals surface area contributed by atoms with Crippen LogP contribution in [0.1, 0.15) is 16.1 Å². The van der Waals surface area contributed by atoms with Gasteiger partial charge < -0.3 is 15.5 Å². The number of halogens is 1. The molecule has 1 fully saturated rings. The lowest BCUT2D eigenvalue weighted by atomic mass is 10.0. The third-order valence-electron chi connectivity index (χ3n) is 6.53. The van der Waals surface area contributed by atoms with Gasteiger partial charge in [-0.3, -0.25) is 14.5 Å². The summed E-state index contributed by atoms with van der Waals surface area (Å²) in [5.74, 6) is 0.759. The van der Waals surface area contributed by atoms with Crippen molar-refractivity contribution in [2.45, 2.75) is 6.92 Å². The van der Waals surface area contributed by atoms with Gasteiger partial charge in [0.05, 0.1) is 17.5 Å². The Balaban J connectivity index is 1.41. The van der Waals surface area contributed by atoms with Crippen molar-refractivity contribution < 1.29 is 9.18 Å². The van der Waals surface area contributed by atoms with Crippen LogP contribution >= 0.6 is 0 Å². The van der Waals surface area contributed by atoms with Crippen molar-refractivity contribution >= 4 is 23.2 Å². The van der Waals surface area contributed by atoms with Crippen molar-refractivity contribution in [3.63, 3.8) is 0 Å². The normalized spacial score (nSPS) is 13.7. The molecule has 0 spiro atoms. The van der Waals surface area contributed by atoms with E-state index in [0.29, 0.717) is 22.7 Å². The van der Waals surface area contributed by atoms with E-state index in [1.54, 1.807) is 41.2 Å². The summed E-state index contributed by atoms with van der Waals surface area (Å²) in [5, 5.41) is 15.9. The summed E-state index contributed by atoms with van der Waals surface area (Å²) in [6.45, 7) is 5.22. The average Bonchev–Trinajstić information content (AvgIpc) is 3.49. The number of carbonyl (C=O) groups excluding carboxylic acids is 1. The number of anilines is 2. The van der Waals surface area contributed by atoms with Crippen molar-refractivity contribution in [1.29, 1.82) is 0 Å². The first-order chi connectivity index (χ1) is 18.5. The number of carbonyl (C=O) groups is 1. The topological polar surface area (TPSA) is 105 Å². The van der Waals surface area contributed by atoms with Gasteiger partial charge in [0, 0.05) is 56.2 Å². The highest BCUT2D eigenvalue weighted by atomic mass is 19.1. The molecule has 4 aromatic heterocycles. The Labute approximate surface area is 218 Å². The maximum atomic E-state index is 13.7. The van der Waals surface area contributed by atoms with Gasteiger partial charge in [0.15, 0.2) is 11.5 Å². The number of aryl methyl sites for hydroxylation is 2. The molecule has 0 atom stereocenters. The second-order valence-electron chi connectivity index (χ2n) is 9.20. The summed E-state index contributed by atoms with van der Waals surface area (Å²) in [7, 11) is 1.91. The van der Waals surface area contributed by atoms with E-state index in [1.807, 2.05) is 30.8 Å². The van der Waals surface area contributed by atoms with Crippen molar-refractivity contribution in [3.8, 4) is 22.5 Å². The average molecular weight is 512 g/mol. The molecule has 192 valence electrons. The van der Waals surface area contributed by atoms with E-state index in [1.165, 1.54) is 12.1 Å². The van der Waals surface area contributed by atoms with Crippen LogP contribution in [0.25, 0.3) is 28.2 Å². The lowest BCUT2D eigenvalue weighted by Crippen LogP contribution is -2.44. The molecular weight excluding hydrogens is 485 g/mol. The maximum absolute atomic E-state index is 13.7. The number of aromatic nitrogens is 6. The van der Waals surface area contributed by atoms with Crippen molar-refractivity contribution in [1.82, 2.24) is 34.7 Å². The highest BCUT2D eigenvalue weighted by Crippen LogP contribution is 2.38. The highest BCUT2D eigenvalue weighted by molar-refractivity contribution is 6.03. The van der Waals surface area contributed by atoms with Crippen LogP contribution < -0.4 is 15.5 Å². The Kier molecular flexibility index (Phi) is 6.04. The molecule has 38 heavy (non-hydrogen) atoms. The molecule has 5 aromatic rings. The number of benzene rings is 1. The number of amides is 1. The summed E-state index contributed by atoms with van der Waals surface area (Å²) in [6.07, 6.45) is 3.29. The standard InChI is InChI=1S/C27H26FN9O/c1-17-15-19(9-10-30-17)26(38)32-22-16-37-23(31-22)8-7-21(33-37)24-25(18-3-5-20(28)6-4-18)34-35(2)27(24)36-13-11-29-12-14-36/h3-10,15-16,29H,11-14H2,1-2H3,(H,32,38). The minimum Gasteiger partial charge on any atom is -0.354 e. The Bertz CT molecular complexity index is 1630. The van der Waals surface area contributed by atoms with Gasteiger partial charge in [-0.15, -0.1) is 0 Å². The second-order valence-corrected chi connectivity index (χ2v) is 9.20. The van der Waals surface area contributed by atoms with Crippen molar-refractivity contribution in [2.24, 2.45) is 7.05 Å².